The molecular weight excluding hydrogens is 380 g/mol. The van der Waals surface area contributed by atoms with Crippen molar-refractivity contribution in [3.05, 3.63) is 66.0 Å². The van der Waals surface area contributed by atoms with E-state index >= 15 is 0 Å². The Morgan fingerprint density at radius 1 is 1.13 bits per heavy atom. The highest BCUT2D eigenvalue weighted by Gasteiger charge is 2.51. The van der Waals surface area contributed by atoms with Crippen LogP contribution in [0.4, 0.5) is 0 Å². The predicted octanol–water partition coefficient (Wildman–Crippen LogP) is 1.97. The van der Waals surface area contributed by atoms with Crippen molar-refractivity contribution in [3.8, 4) is 0 Å². The average molecular weight is 406 g/mol. The fourth-order valence-corrected chi connectivity index (χ4v) is 4.59. The normalized spacial score (nSPS) is 23.3. The minimum atomic E-state index is -0.317. The lowest BCUT2D eigenvalue weighted by Gasteiger charge is -2.40. The number of aromatic nitrogens is 1. The fraction of sp³-hybridized carbons (Fsp3) is 0.391. The van der Waals surface area contributed by atoms with E-state index in [0.29, 0.717) is 25.1 Å². The molecule has 0 aliphatic carbocycles. The first-order valence-corrected chi connectivity index (χ1v) is 10.3. The van der Waals surface area contributed by atoms with Gasteiger partial charge in [0.25, 0.3) is 5.91 Å². The lowest BCUT2D eigenvalue weighted by atomic mass is 9.92. The Morgan fingerprint density at radius 2 is 1.83 bits per heavy atom. The Kier molecular flexibility index (Phi) is 5.53. The maximum absolute atomic E-state index is 13.2. The smallest absolute Gasteiger partial charge is 0.254 e. The number of carbonyl (C=O) groups excluding carboxylic acids is 3. The highest BCUT2D eigenvalue weighted by atomic mass is 16.2. The Balaban J connectivity index is 1.64. The molecule has 2 aliphatic rings. The number of pyridine rings is 1. The molecule has 3 atom stereocenters. The molecule has 7 heteroatoms. The highest BCUT2D eigenvalue weighted by molar-refractivity contribution is 5.97. The third kappa shape index (κ3) is 3.56. The third-order valence-corrected chi connectivity index (χ3v) is 6.17. The molecule has 7 nitrogen and oxygen atoms in total. The molecule has 2 aliphatic heterocycles. The van der Waals surface area contributed by atoms with Gasteiger partial charge >= 0.3 is 0 Å². The molecule has 156 valence electrons. The Hall–Kier alpha value is -3.22. The van der Waals surface area contributed by atoms with Crippen LogP contribution < -0.4 is 0 Å². The number of piperazine rings is 1. The molecule has 0 spiro atoms. The van der Waals surface area contributed by atoms with Gasteiger partial charge in [-0.2, -0.15) is 0 Å². The molecule has 0 unspecified atom stereocenters. The van der Waals surface area contributed by atoms with Gasteiger partial charge < -0.3 is 14.7 Å². The molecule has 2 fully saturated rings. The monoisotopic (exact) mass is 406 g/mol. The van der Waals surface area contributed by atoms with Crippen LogP contribution in [0.1, 0.15) is 35.3 Å². The summed E-state index contributed by atoms with van der Waals surface area (Å²) in [5.41, 5.74) is 1.48. The molecular formula is C23H26N4O3. The van der Waals surface area contributed by atoms with Gasteiger partial charge in [-0.25, -0.2) is 0 Å². The molecule has 3 amide bonds. The van der Waals surface area contributed by atoms with Gasteiger partial charge in [-0.1, -0.05) is 30.3 Å². The van der Waals surface area contributed by atoms with E-state index in [1.165, 1.54) is 0 Å². The van der Waals surface area contributed by atoms with Gasteiger partial charge in [-0.15, -0.1) is 0 Å². The van der Waals surface area contributed by atoms with Gasteiger partial charge in [0.1, 0.15) is 6.54 Å². The second-order valence-corrected chi connectivity index (χ2v) is 7.93. The first-order chi connectivity index (χ1) is 14.5. The maximum atomic E-state index is 13.2. The van der Waals surface area contributed by atoms with E-state index in [0.717, 1.165) is 5.56 Å². The van der Waals surface area contributed by atoms with E-state index in [2.05, 4.69) is 4.98 Å². The van der Waals surface area contributed by atoms with Gasteiger partial charge in [0.05, 0.1) is 18.0 Å². The standard InChI is InChI=1S/C23H26N4O3/c1-3-25(2)23(30)19-13-18-14-26(22(29)17-9-11-24-12-10-17)15-20(28)27(18)21(19)16-7-5-4-6-8-16/h4-12,18-19,21H,3,13-15H2,1-2H3/t18-,19-,21-/m0/s1. The van der Waals surface area contributed by atoms with Crippen LogP contribution in [0, 0.1) is 5.92 Å². The van der Waals surface area contributed by atoms with Crippen LogP contribution in [0.15, 0.2) is 54.9 Å². The quantitative estimate of drug-likeness (QED) is 0.778. The molecule has 0 bridgehead atoms. The van der Waals surface area contributed by atoms with Crippen LogP contribution in [0.25, 0.3) is 0 Å². The number of benzene rings is 1. The molecule has 3 heterocycles. The van der Waals surface area contributed by atoms with Crippen LogP contribution in [0.5, 0.6) is 0 Å². The van der Waals surface area contributed by atoms with Crippen LogP contribution in [0.2, 0.25) is 0 Å². The number of hydrogen-bond acceptors (Lipinski definition) is 4. The molecule has 30 heavy (non-hydrogen) atoms. The summed E-state index contributed by atoms with van der Waals surface area (Å²) in [6, 6.07) is 12.6. The minimum absolute atomic E-state index is 0.0194. The summed E-state index contributed by atoms with van der Waals surface area (Å²) in [5.74, 6) is -0.568. The summed E-state index contributed by atoms with van der Waals surface area (Å²) < 4.78 is 0. The van der Waals surface area contributed by atoms with Crippen molar-refractivity contribution in [2.75, 3.05) is 26.7 Å². The van der Waals surface area contributed by atoms with Crippen molar-refractivity contribution < 1.29 is 14.4 Å². The van der Waals surface area contributed by atoms with Crippen LogP contribution >= 0.6 is 0 Å². The lowest BCUT2D eigenvalue weighted by molar-refractivity contribution is -0.140. The molecule has 0 saturated carbocycles. The summed E-state index contributed by atoms with van der Waals surface area (Å²) in [5, 5.41) is 0. The van der Waals surface area contributed by atoms with Crippen LogP contribution in [-0.4, -0.2) is 70.1 Å². The molecule has 0 N–H and O–H groups in total. The summed E-state index contributed by atoms with van der Waals surface area (Å²) in [7, 11) is 1.79. The lowest BCUT2D eigenvalue weighted by Crippen LogP contribution is -2.55. The van der Waals surface area contributed by atoms with Crippen molar-refractivity contribution in [1.29, 1.82) is 0 Å². The highest BCUT2D eigenvalue weighted by Crippen LogP contribution is 2.43. The van der Waals surface area contributed by atoms with Crippen molar-refractivity contribution in [2.24, 2.45) is 5.92 Å². The molecule has 1 aromatic carbocycles. The minimum Gasteiger partial charge on any atom is -0.346 e. The Labute approximate surface area is 176 Å². The molecule has 0 radical (unpaired) electrons. The van der Waals surface area contributed by atoms with E-state index in [-0.39, 0.29) is 42.3 Å². The van der Waals surface area contributed by atoms with Crippen molar-refractivity contribution in [2.45, 2.75) is 25.4 Å². The number of nitrogens with zero attached hydrogens (tertiary/aromatic N) is 4. The van der Waals surface area contributed by atoms with Crippen molar-refractivity contribution >= 4 is 17.7 Å². The van der Waals surface area contributed by atoms with E-state index in [4.69, 9.17) is 0 Å². The van der Waals surface area contributed by atoms with Crippen molar-refractivity contribution in [1.82, 2.24) is 19.7 Å². The number of amides is 3. The third-order valence-electron chi connectivity index (χ3n) is 6.17. The van der Waals surface area contributed by atoms with Gasteiger partial charge in [0.15, 0.2) is 0 Å². The summed E-state index contributed by atoms with van der Waals surface area (Å²) in [4.78, 5) is 48.4. The SMILES string of the molecule is CCN(C)C(=O)[C@H]1C[C@H]2CN(C(=O)c3ccncc3)CC(=O)N2[C@H]1c1ccccc1. The second-order valence-electron chi connectivity index (χ2n) is 7.93. The average Bonchev–Trinajstić information content (AvgIpc) is 3.18. The van der Waals surface area contributed by atoms with Crippen molar-refractivity contribution in [3.63, 3.8) is 0 Å². The first-order valence-electron chi connectivity index (χ1n) is 10.3. The zero-order valence-electron chi connectivity index (χ0n) is 17.3. The fourth-order valence-electron chi connectivity index (χ4n) is 4.59. The Bertz CT molecular complexity index is 934. The topological polar surface area (TPSA) is 73.8 Å². The van der Waals surface area contributed by atoms with E-state index in [9.17, 15) is 14.4 Å². The Morgan fingerprint density at radius 3 is 2.50 bits per heavy atom. The van der Waals surface area contributed by atoms with Crippen LogP contribution in [0.3, 0.4) is 0 Å². The largest absolute Gasteiger partial charge is 0.346 e. The maximum Gasteiger partial charge on any atom is 0.254 e. The number of fused-ring (bicyclic) bond motifs is 1. The van der Waals surface area contributed by atoms with Gasteiger partial charge in [-0.3, -0.25) is 19.4 Å². The number of rotatable bonds is 4. The zero-order valence-corrected chi connectivity index (χ0v) is 17.3. The van der Waals surface area contributed by atoms with Crippen LogP contribution in [-0.2, 0) is 9.59 Å². The van der Waals surface area contributed by atoms with E-state index < -0.39 is 0 Å². The zero-order chi connectivity index (χ0) is 21.3. The molecule has 4 rings (SSSR count). The first kappa shape index (κ1) is 20.1. The summed E-state index contributed by atoms with van der Waals surface area (Å²) in [6.45, 7) is 3.00. The summed E-state index contributed by atoms with van der Waals surface area (Å²) in [6.07, 6.45) is 3.69. The second kappa shape index (κ2) is 8.26. The predicted molar refractivity (Wildman–Crippen MR) is 111 cm³/mol. The van der Waals surface area contributed by atoms with E-state index in [1.807, 2.05) is 42.2 Å². The number of carbonyl (C=O) groups is 3. The van der Waals surface area contributed by atoms with E-state index in [1.54, 1.807) is 41.4 Å². The molecule has 2 saturated heterocycles. The van der Waals surface area contributed by atoms with Gasteiger partial charge in [0, 0.05) is 38.1 Å². The number of hydrogen-bond donors (Lipinski definition) is 0. The van der Waals surface area contributed by atoms with Gasteiger partial charge in [0.2, 0.25) is 11.8 Å². The molecule has 2 aromatic rings. The summed E-state index contributed by atoms with van der Waals surface area (Å²) >= 11 is 0. The molecule has 1 aromatic heterocycles. The van der Waals surface area contributed by atoms with Gasteiger partial charge in [-0.05, 0) is 31.0 Å².